The van der Waals surface area contributed by atoms with Gasteiger partial charge >= 0.3 is 0 Å². The van der Waals surface area contributed by atoms with Gasteiger partial charge < -0.3 is 15.4 Å². The summed E-state index contributed by atoms with van der Waals surface area (Å²) in [6.07, 6.45) is 3.63. The molecule has 1 aromatic carbocycles. The van der Waals surface area contributed by atoms with Gasteiger partial charge in [-0.15, -0.1) is 0 Å². The Hall–Kier alpha value is -1.29. The number of amides is 1. The van der Waals surface area contributed by atoms with Crippen LogP contribution in [0.15, 0.2) is 12.1 Å². The van der Waals surface area contributed by atoms with Gasteiger partial charge in [0.25, 0.3) is 0 Å². The number of piperidine rings is 1. The molecule has 9 heteroatoms. The molecule has 4 rings (SSSR count). The lowest BCUT2D eigenvalue weighted by molar-refractivity contribution is -0.133. The highest BCUT2D eigenvalue weighted by molar-refractivity contribution is 7.97. The van der Waals surface area contributed by atoms with Crippen LogP contribution in [-0.2, 0) is 16.0 Å². The highest BCUT2D eigenvalue weighted by Gasteiger charge is 2.44. The Balaban J connectivity index is 1.33. The van der Waals surface area contributed by atoms with Crippen LogP contribution in [0.1, 0.15) is 31.2 Å². The predicted octanol–water partition coefficient (Wildman–Crippen LogP) is 2.72. The molecule has 0 aromatic heterocycles. The third-order valence-corrected chi connectivity index (χ3v) is 7.65. The summed E-state index contributed by atoms with van der Waals surface area (Å²) >= 11 is 1.57. The van der Waals surface area contributed by atoms with Gasteiger partial charge in [-0.1, -0.05) is 11.9 Å². The van der Waals surface area contributed by atoms with Crippen molar-refractivity contribution in [2.75, 3.05) is 32.1 Å². The van der Waals surface area contributed by atoms with E-state index in [-0.39, 0.29) is 41.9 Å². The zero-order chi connectivity index (χ0) is 21.3. The molecule has 0 saturated carbocycles. The van der Waals surface area contributed by atoms with Gasteiger partial charge in [-0.3, -0.25) is 4.79 Å². The molecular formula is C21H28F3N3O2S. The number of benzene rings is 1. The van der Waals surface area contributed by atoms with Gasteiger partial charge in [0.05, 0.1) is 19.0 Å². The topological polar surface area (TPSA) is 58.8 Å². The second-order valence-corrected chi connectivity index (χ2v) is 9.52. The SMILES string of the molecule is N[C@H](Cc1cc(F)c(F)cc1F)C1CC2CCC(C1)N2C(=O)CSN1CCOCC1. The van der Waals surface area contributed by atoms with Crippen LogP contribution in [-0.4, -0.2) is 65.3 Å². The lowest BCUT2D eigenvalue weighted by Crippen LogP contribution is -2.51. The van der Waals surface area contributed by atoms with Gasteiger partial charge in [0.2, 0.25) is 5.91 Å². The van der Waals surface area contributed by atoms with Crippen molar-refractivity contribution in [1.82, 2.24) is 9.21 Å². The van der Waals surface area contributed by atoms with E-state index in [0.717, 1.165) is 44.8 Å². The number of carbonyl (C=O) groups is 1. The van der Waals surface area contributed by atoms with Crippen LogP contribution in [0.3, 0.4) is 0 Å². The Morgan fingerprint density at radius 2 is 1.73 bits per heavy atom. The van der Waals surface area contributed by atoms with Crippen LogP contribution in [0.25, 0.3) is 0 Å². The first-order chi connectivity index (χ1) is 14.4. The van der Waals surface area contributed by atoms with Crippen LogP contribution in [0.4, 0.5) is 13.2 Å². The first kappa shape index (κ1) is 21.9. The van der Waals surface area contributed by atoms with E-state index in [2.05, 4.69) is 4.31 Å². The summed E-state index contributed by atoms with van der Waals surface area (Å²) in [4.78, 5) is 14.9. The minimum atomic E-state index is -1.19. The number of hydrogen-bond acceptors (Lipinski definition) is 5. The quantitative estimate of drug-likeness (QED) is 0.541. The summed E-state index contributed by atoms with van der Waals surface area (Å²) in [6.45, 7) is 3.08. The van der Waals surface area contributed by atoms with Crippen molar-refractivity contribution in [3.63, 3.8) is 0 Å². The average molecular weight is 444 g/mol. The highest BCUT2D eigenvalue weighted by Crippen LogP contribution is 2.40. The van der Waals surface area contributed by atoms with Gasteiger partial charge in [0.15, 0.2) is 11.6 Å². The van der Waals surface area contributed by atoms with Gasteiger partial charge in [-0.05, 0) is 49.7 Å². The number of nitrogens with zero attached hydrogens (tertiary/aromatic N) is 2. The summed E-state index contributed by atoms with van der Waals surface area (Å²) < 4.78 is 48.2. The van der Waals surface area contributed by atoms with Crippen LogP contribution < -0.4 is 5.73 Å². The average Bonchev–Trinajstić information content (AvgIpc) is 3.00. The molecule has 30 heavy (non-hydrogen) atoms. The highest BCUT2D eigenvalue weighted by atomic mass is 32.2. The molecule has 3 fully saturated rings. The molecule has 3 aliphatic heterocycles. The summed E-state index contributed by atoms with van der Waals surface area (Å²) in [6, 6.07) is 1.45. The smallest absolute Gasteiger partial charge is 0.234 e. The van der Waals surface area contributed by atoms with Crippen molar-refractivity contribution in [1.29, 1.82) is 0 Å². The fraction of sp³-hybridized carbons (Fsp3) is 0.667. The van der Waals surface area contributed by atoms with Crippen molar-refractivity contribution >= 4 is 17.9 Å². The van der Waals surface area contributed by atoms with E-state index >= 15 is 0 Å². The zero-order valence-electron chi connectivity index (χ0n) is 16.9. The fourth-order valence-corrected chi connectivity index (χ4v) is 5.86. The lowest BCUT2D eigenvalue weighted by Gasteiger charge is -2.41. The van der Waals surface area contributed by atoms with Gasteiger partial charge in [0.1, 0.15) is 5.82 Å². The number of rotatable bonds is 6. The van der Waals surface area contributed by atoms with E-state index in [1.807, 2.05) is 4.90 Å². The number of morpholine rings is 1. The fourth-order valence-electron chi connectivity index (χ4n) is 5.01. The van der Waals surface area contributed by atoms with Crippen molar-refractivity contribution < 1.29 is 22.7 Å². The van der Waals surface area contributed by atoms with Crippen molar-refractivity contribution in [3.05, 3.63) is 35.1 Å². The summed E-state index contributed by atoms with van der Waals surface area (Å²) in [7, 11) is 0. The number of nitrogens with two attached hydrogens (primary N) is 1. The van der Waals surface area contributed by atoms with E-state index < -0.39 is 17.5 Å². The standard InChI is InChI=1S/C21H28F3N3O2S/c22-17-11-19(24)18(23)9-13(17)10-20(25)14-7-15-1-2-16(8-14)27(15)21(28)12-30-26-3-5-29-6-4-26/h9,11,14-16,20H,1-8,10,12,25H2/t14?,15?,16?,20-/m1/s1. The Bertz CT molecular complexity index is 764. The zero-order valence-corrected chi connectivity index (χ0v) is 17.7. The Labute approximate surface area is 179 Å². The van der Waals surface area contributed by atoms with Crippen LogP contribution in [0.5, 0.6) is 0 Å². The maximum Gasteiger partial charge on any atom is 0.234 e. The molecule has 0 spiro atoms. The maximum atomic E-state index is 14.0. The summed E-state index contributed by atoms with van der Waals surface area (Å²) in [5.74, 6) is -2.28. The van der Waals surface area contributed by atoms with E-state index in [0.29, 0.717) is 25.0 Å². The molecule has 1 aromatic rings. The molecule has 3 heterocycles. The second kappa shape index (κ2) is 9.46. The molecular weight excluding hydrogens is 415 g/mol. The number of ether oxygens (including phenoxy) is 1. The number of carbonyl (C=O) groups excluding carboxylic acids is 1. The van der Waals surface area contributed by atoms with Crippen molar-refractivity contribution in [2.24, 2.45) is 11.7 Å². The molecule has 0 aliphatic carbocycles. The number of halogens is 3. The molecule has 3 aliphatic rings. The number of hydrogen-bond donors (Lipinski definition) is 1. The number of fused-ring (bicyclic) bond motifs is 2. The Morgan fingerprint density at radius 3 is 2.40 bits per heavy atom. The molecule has 2 N–H and O–H groups in total. The summed E-state index contributed by atoms with van der Waals surface area (Å²) in [5.41, 5.74) is 6.46. The maximum absolute atomic E-state index is 14.0. The first-order valence-electron chi connectivity index (χ1n) is 10.6. The monoisotopic (exact) mass is 443 g/mol. The van der Waals surface area contributed by atoms with Gasteiger partial charge in [-0.25, -0.2) is 17.5 Å². The second-order valence-electron chi connectivity index (χ2n) is 8.46. The largest absolute Gasteiger partial charge is 0.379 e. The predicted molar refractivity (Wildman–Crippen MR) is 109 cm³/mol. The van der Waals surface area contributed by atoms with E-state index in [1.54, 1.807) is 11.9 Å². The van der Waals surface area contributed by atoms with E-state index in [1.165, 1.54) is 0 Å². The molecule has 1 amide bonds. The summed E-state index contributed by atoms with van der Waals surface area (Å²) in [5, 5.41) is 0. The van der Waals surface area contributed by atoms with E-state index in [9.17, 15) is 18.0 Å². The van der Waals surface area contributed by atoms with Gasteiger partial charge in [-0.2, -0.15) is 0 Å². The van der Waals surface area contributed by atoms with E-state index in [4.69, 9.17) is 10.5 Å². The van der Waals surface area contributed by atoms with Crippen molar-refractivity contribution in [3.8, 4) is 0 Å². The van der Waals surface area contributed by atoms with Gasteiger partial charge in [0, 0.05) is 37.3 Å². The Kier molecular flexibility index (Phi) is 6.91. The minimum absolute atomic E-state index is 0.106. The molecule has 5 nitrogen and oxygen atoms in total. The third-order valence-electron chi connectivity index (χ3n) is 6.55. The lowest BCUT2D eigenvalue weighted by atomic mass is 9.82. The molecule has 2 unspecified atom stereocenters. The normalized spacial score (nSPS) is 28.0. The molecule has 166 valence electrons. The minimum Gasteiger partial charge on any atom is -0.379 e. The third kappa shape index (κ3) is 4.79. The molecule has 0 radical (unpaired) electrons. The molecule has 3 atom stereocenters. The van der Waals surface area contributed by atoms with Crippen molar-refractivity contribution in [2.45, 2.75) is 50.2 Å². The molecule has 2 bridgehead atoms. The van der Waals surface area contributed by atoms with Crippen LogP contribution in [0.2, 0.25) is 0 Å². The van der Waals surface area contributed by atoms with Crippen LogP contribution >= 0.6 is 11.9 Å². The Morgan fingerprint density at radius 1 is 1.10 bits per heavy atom. The first-order valence-corrected chi connectivity index (χ1v) is 11.5. The van der Waals surface area contributed by atoms with Crippen LogP contribution in [0, 0.1) is 23.4 Å². The molecule has 3 saturated heterocycles.